The lowest BCUT2D eigenvalue weighted by Gasteiger charge is -2.24. The van der Waals surface area contributed by atoms with Crippen LogP contribution < -0.4 is 14.4 Å². The van der Waals surface area contributed by atoms with E-state index in [1.54, 1.807) is 19.1 Å². The van der Waals surface area contributed by atoms with Crippen molar-refractivity contribution in [3.63, 3.8) is 0 Å². The molecule has 7 heteroatoms. The maximum atomic E-state index is 6.29. The van der Waals surface area contributed by atoms with Crippen LogP contribution in [-0.4, -0.2) is 25.9 Å². The van der Waals surface area contributed by atoms with Crippen LogP contribution in [0.2, 0.25) is 0 Å². The molecule has 2 rings (SSSR count). The molecule has 0 amide bonds. The van der Waals surface area contributed by atoms with Gasteiger partial charge in [0.05, 0.1) is 25.8 Å². The summed E-state index contributed by atoms with van der Waals surface area (Å²) in [5.74, 6) is 2.14. The molecule has 0 atom stereocenters. The van der Waals surface area contributed by atoms with Gasteiger partial charge in [-0.05, 0) is 48.5 Å². The van der Waals surface area contributed by atoms with Crippen molar-refractivity contribution >= 4 is 52.0 Å². The molecule has 2 aromatic rings. The number of hydrogen-bond acceptors (Lipinski definition) is 3. The topological polar surface area (TPSA) is 34.1 Å². The quantitative estimate of drug-likeness (QED) is 0.268. The molecule has 0 radical (unpaired) electrons. The molecule has 0 saturated heterocycles. The molecular formula is C18H17Cl3N2O2. The van der Waals surface area contributed by atoms with Crippen LogP contribution in [0.3, 0.4) is 0 Å². The molecule has 25 heavy (non-hydrogen) atoms. The van der Waals surface area contributed by atoms with Gasteiger partial charge in [0.25, 0.3) is 0 Å². The summed E-state index contributed by atoms with van der Waals surface area (Å²) in [6.45, 7) is 0. The van der Waals surface area contributed by atoms with Crippen molar-refractivity contribution in [2.45, 2.75) is 0 Å². The zero-order valence-electron chi connectivity index (χ0n) is 13.7. The van der Waals surface area contributed by atoms with Crippen molar-refractivity contribution in [1.29, 1.82) is 0 Å². The molecule has 0 bridgehead atoms. The third-order valence-electron chi connectivity index (χ3n) is 3.34. The molecule has 0 N–H and O–H groups in total. The highest BCUT2D eigenvalue weighted by molar-refractivity contribution is 6.41. The fourth-order valence-corrected chi connectivity index (χ4v) is 2.59. The molecule has 0 aromatic heterocycles. The number of hydrogen-bond donors (Lipinski definition) is 0. The number of rotatable bonds is 6. The van der Waals surface area contributed by atoms with Crippen molar-refractivity contribution in [3.8, 4) is 11.5 Å². The first kappa shape index (κ1) is 19.4. The second-order valence-corrected chi connectivity index (χ2v) is 5.70. The zero-order valence-corrected chi connectivity index (χ0v) is 16.0. The van der Waals surface area contributed by atoms with E-state index in [4.69, 9.17) is 44.3 Å². The molecule has 0 aliphatic rings. The first-order chi connectivity index (χ1) is 12.1. The summed E-state index contributed by atoms with van der Waals surface area (Å²) in [5, 5.41) is 0.278. The van der Waals surface area contributed by atoms with Crippen molar-refractivity contribution < 1.29 is 9.47 Å². The molecule has 0 saturated carbocycles. The highest BCUT2D eigenvalue weighted by atomic mass is 35.5. The van der Waals surface area contributed by atoms with Crippen LogP contribution in [0.5, 0.6) is 11.5 Å². The summed E-state index contributed by atoms with van der Waals surface area (Å²) >= 11 is 18.2. The minimum atomic E-state index is 0.138. The zero-order chi connectivity index (χ0) is 18.2. The number of anilines is 1. The predicted octanol–water partition coefficient (Wildman–Crippen LogP) is 5.76. The number of benzene rings is 2. The van der Waals surface area contributed by atoms with Gasteiger partial charge in [-0.2, -0.15) is 0 Å². The van der Waals surface area contributed by atoms with E-state index < -0.39 is 0 Å². The Hall–Kier alpha value is -1.88. The third kappa shape index (κ3) is 5.05. The Morgan fingerprint density at radius 2 is 1.52 bits per heavy atom. The van der Waals surface area contributed by atoms with E-state index in [0.29, 0.717) is 11.5 Å². The Bertz CT molecular complexity index is 744. The first-order valence-corrected chi connectivity index (χ1v) is 8.65. The van der Waals surface area contributed by atoms with Gasteiger partial charge in [0, 0.05) is 11.2 Å². The van der Waals surface area contributed by atoms with E-state index in [1.165, 1.54) is 5.54 Å². The molecule has 0 fully saturated rings. The normalized spacial score (nSPS) is 12.0. The summed E-state index contributed by atoms with van der Waals surface area (Å²) in [7, 11) is 3.21. The fourth-order valence-electron chi connectivity index (χ4n) is 2.12. The van der Waals surface area contributed by atoms with Crippen LogP contribution in [0, 0.1) is 0 Å². The maximum absolute atomic E-state index is 6.29. The van der Waals surface area contributed by atoms with Gasteiger partial charge in [0.2, 0.25) is 0 Å². The van der Waals surface area contributed by atoms with E-state index in [9.17, 15) is 0 Å². The number of ether oxygens (including phenoxy) is 2. The number of alkyl halides is 1. The molecule has 0 aliphatic carbocycles. The SMILES string of the molecule is COc1ccc(N=C(CCl)N(/C(Cl)=C\Cl)c2ccc(OC)cc2)cc1. The molecule has 0 aliphatic heterocycles. The second kappa shape index (κ2) is 9.56. The van der Waals surface area contributed by atoms with Gasteiger partial charge in [-0.1, -0.05) is 23.2 Å². The third-order valence-corrected chi connectivity index (χ3v) is 4.18. The molecule has 0 unspecified atom stereocenters. The lowest BCUT2D eigenvalue weighted by molar-refractivity contribution is 0.415. The van der Waals surface area contributed by atoms with Gasteiger partial charge >= 0.3 is 0 Å². The summed E-state index contributed by atoms with van der Waals surface area (Å²) in [5.41, 5.74) is 2.74. The monoisotopic (exact) mass is 398 g/mol. The largest absolute Gasteiger partial charge is 0.497 e. The Morgan fingerprint density at radius 3 is 1.96 bits per heavy atom. The average molecular weight is 400 g/mol. The minimum Gasteiger partial charge on any atom is -0.497 e. The highest BCUT2D eigenvalue weighted by Gasteiger charge is 2.17. The molecular weight excluding hydrogens is 383 g/mol. The van der Waals surface area contributed by atoms with E-state index >= 15 is 0 Å². The van der Waals surface area contributed by atoms with Crippen molar-refractivity contribution in [3.05, 3.63) is 59.2 Å². The van der Waals surface area contributed by atoms with Crippen molar-refractivity contribution in [2.24, 2.45) is 4.99 Å². The van der Waals surface area contributed by atoms with Gasteiger partial charge in [-0.15, -0.1) is 11.6 Å². The van der Waals surface area contributed by atoms with Crippen LogP contribution in [0.25, 0.3) is 0 Å². The lowest BCUT2D eigenvalue weighted by Crippen LogP contribution is -2.29. The van der Waals surface area contributed by atoms with Gasteiger partial charge in [0.1, 0.15) is 22.5 Å². The fraction of sp³-hybridized carbons (Fsp3) is 0.167. The maximum Gasteiger partial charge on any atom is 0.129 e. The summed E-state index contributed by atoms with van der Waals surface area (Å²) in [6.07, 6.45) is 0. The Morgan fingerprint density at radius 1 is 1.00 bits per heavy atom. The van der Waals surface area contributed by atoms with Crippen LogP contribution in [0.15, 0.2) is 64.2 Å². The molecule has 2 aromatic carbocycles. The number of amidine groups is 1. The molecule has 132 valence electrons. The Balaban J connectivity index is 2.43. The van der Waals surface area contributed by atoms with Gasteiger partial charge in [-0.25, -0.2) is 4.99 Å². The molecule has 4 nitrogen and oxygen atoms in total. The number of methoxy groups -OCH3 is 2. The number of nitrogens with zero attached hydrogens (tertiary/aromatic N) is 2. The standard InChI is InChI=1S/C18H17Cl3N2O2/c1-24-15-7-3-13(4-8-15)22-18(12-20)23(17(21)11-19)14-5-9-16(25-2)10-6-14/h3-11H,12H2,1-2H3/b17-11-,22-18?. The van der Waals surface area contributed by atoms with Crippen molar-refractivity contribution in [1.82, 2.24) is 0 Å². The Labute approximate surface area is 162 Å². The Kier molecular flexibility index (Phi) is 7.44. The van der Waals surface area contributed by atoms with Gasteiger partial charge in [0.15, 0.2) is 0 Å². The van der Waals surface area contributed by atoms with Crippen LogP contribution >= 0.6 is 34.8 Å². The van der Waals surface area contributed by atoms with Gasteiger partial charge < -0.3 is 9.47 Å². The minimum absolute atomic E-state index is 0.138. The van der Waals surface area contributed by atoms with E-state index in [0.717, 1.165) is 17.2 Å². The smallest absolute Gasteiger partial charge is 0.129 e. The second-order valence-electron chi connectivity index (χ2n) is 4.82. The van der Waals surface area contributed by atoms with Crippen LogP contribution in [0.1, 0.15) is 0 Å². The predicted molar refractivity (Wildman–Crippen MR) is 106 cm³/mol. The van der Waals surface area contributed by atoms with Gasteiger partial charge in [-0.3, -0.25) is 4.90 Å². The number of halogens is 3. The van der Waals surface area contributed by atoms with Crippen molar-refractivity contribution in [2.75, 3.05) is 25.0 Å². The number of aliphatic imine (C=N–C) groups is 1. The van der Waals surface area contributed by atoms with E-state index in [2.05, 4.69) is 4.99 Å². The van der Waals surface area contributed by atoms with Crippen LogP contribution in [-0.2, 0) is 0 Å². The molecule has 0 heterocycles. The van der Waals surface area contributed by atoms with E-state index in [1.807, 2.05) is 48.5 Å². The molecule has 0 spiro atoms. The summed E-state index contributed by atoms with van der Waals surface area (Å²) < 4.78 is 10.3. The first-order valence-electron chi connectivity index (χ1n) is 7.30. The average Bonchev–Trinajstić information content (AvgIpc) is 2.68. The lowest BCUT2D eigenvalue weighted by atomic mass is 10.2. The van der Waals surface area contributed by atoms with Crippen LogP contribution in [0.4, 0.5) is 11.4 Å². The highest BCUT2D eigenvalue weighted by Crippen LogP contribution is 2.27. The van der Waals surface area contributed by atoms with E-state index in [-0.39, 0.29) is 11.0 Å². The summed E-state index contributed by atoms with van der Waals surface area (Å²) in [6, 6.07) is 14.6. The summed E-state index contributed by atoms with van der Waals surface area (Å²) in [4.78, 5) is 6.25.